The van der Waals surface area contributed by atoms with E-state index in [9.17, 15) is 0 Å². The summed E-state index contributed by atoms with van der Waals surface area (Å²) in [5.74, 6) is 0.902. The smallest absolute Gasteiger partial charge is 0.119 e. The summed E-state index contributed by atoms with van der Waals surface area (Å²) in [5.41, 5.74) is 4.16. The van der Waals surface area contributed by atoms with Gasteiger partial charge in [0.15, 0.2) is 0 Å². The maximum atomic E-state index is 5.74. The van der Waals surface area contributed by atoms with Gasteiger partial charge >= 0.3 is 0 Å². The first-order chi connectivity index (χ1) is 8.22. The zero-order chi connectivity index (χ0) is 12.1. The van der Waals surface area contributed by atoms with Crippen LogP contribution in [0.5, 0.6) is 5.75 Å². The molecule has 0 amide bonds. The van der Waals surface area contributed by atoms with Crippen molar-refractivity contribution in [1.29, 1.82) is 0 Å². The van der Waals surface area contributed by atoms with Crippen molar-refractivity contribution in [2.45, 2.75) is 13.5 Å². The predicted octanol–water partition coefficient (Wildman–Crippen LogP) is 1.75. The summed E-state index contributed by atoms with van der Waals surface area (Å²) in [6.45, 7) is 5.17. The van der Waals surface area contributed by atoms with E-state index in [1.807, 2.05) is 24.3 Å². The van der Waals surface area contributed by atoms with Gasteiger partial charge in [-0.15, -0.1) is 0 Å². The van der Waals surface area contributed by atoms with Gasteiger partial charge in [-0.3, -0.25) is 0 Å². The van der Waals surface area contributed by atoms with E-state index in [4.69, 9.17) is 14.3 Å². The van der Waals surface area contributed by atoms with Crippen molar-refractivity contribution >= 4 is 0 Å². The Hall–Kier alpha value is -1.10. The molecule has 4 heteroatoms. The third kappa shape index (κ3) is 3.43. The van der Waals surface area contributed by atoms with Crippen LogP contribution >= 0.6 is 0 Å². The Morgan fingerprint density at radius 2 is 2.00 bits per heavy atom. The van der Waals surface area contributed by atoms with E-state index in [2.05, 4.69) is 12.4 Å². The van der Waals surface area contributed by atoms with E-state index in [0.717, 1.165) is 24.5 Å². The van der Waals surface area contributed by atoms with Crippen LogP contribution in [-0.4, -0.2) is 26.9 Å². The highest BCUT2D eigenvalue weighted by molar-refractivity contribution is 5.27. The zero-order valence-corrected chi connectivity index (χ0v) is 10.4. The van der Waals surface area contributed by atoms with E-state index in [-0.39, 0.29) is 5.41 Å². The minimum atomic E-state index is 0.191. The highest BCUT2D eigenvalue weighted by Gasteiger charge is 2.34. The third-order valence-electron chi connectivity index (χ3n) is 2.83. The maximum absolute atomic E-state index is 5.74. The van der Waals surface area contributed by atoms with Gasteiger partial charge in [-0.25, -0.2) is 0 Å². The Balaban J connectivity index is 1.81. The Morgan fingerprint density at radius 1 is 1.29 bits per heavy atom. The van der Waals surface area contributed by atoms with Gasteiger partial charge in [0.05, 0.1) is 26.9 Å². The molecule has 0 spiro atoms. The zero-order valence-electron chi connectivity index (χ0n) is 10.4. The Morgan fingerprint density at radius 3 is 2.53 bits per heavy atom. The molecule has 1 saturated heterocycles. The monoisotopic (exact) mass is 237 g/mol. The minimum Gasteiger partial charge on any atom is -0.493 e. The number of hydrogen-bond acceptors (Lipinski definition) is 4. The fourth-order valence-electron chi connectivity index (χ4n) is 1.65. The lowest BCUT2D eigenvalue weighted by Crippen LogP contribution is -2.44. The lowest BCUT2D eigenvalue weighted by atomic mass is 9.90. The largest absolute Gasteiger partial charge is 0.493 e. The summed E-state index contributed by atoms with van der Waals surface area (Å²) < 4.78 is 10.9. The predicted molar refractivity (Wildman–Crippen MR) is 64.7 cm³/mol. The Labute approximate surface area is 102 Å². The SMILES string of the molecule is CONCc1ccc(OCC2(C)COC2)cc1. The molecule has 1 heterocycles. The van der Waals surface area contributed by atoms with E-state index in [0.29, 0.717) is 13.2 Å². The standard InChI is InChI=1S/C13H19NO3/c1-13(8-16-9-13)10-17-12-5-3-11(4-6-12)7-14-15-2/h3-6,14H,7-10H2,1-2H3. The Kier molecular flexibility index (Phi) is 3.99. The molecule has 0 aromatic heterocycles. The summed E-state index contributed by atoms with van der Waals surface area (Å²) in [4.78, 5) is 4.80. The lowest BCUT2D eigenvalue weighted by molar-refractivity contribution is -0.120. The molecule has 0 aliphatic carbocycles. The van der Waals surface area contributed by atoms with Crippen molar-refractivity contribution in [3.05, 3.63) is 29.8 Å². The summed E-state index contributed by atoms with van der Waals surface area (Å²) in [6.07, 6.45) is 0. The molecule has 0 radical (unpaired) electrons. The van der Waals surface area contributed by atoms with Crippen LogP contribution in [0.25, 0.3) is 0 Å². The second-order valence-corrected chi connectivity index (χ2v) is 4.76. The molecular weight excluding hydrogens is 218 g/mol. The van der Waals surface area contributed by atoms with Crippen molar-refractivity contribution in [2.24, 2.45) is 5.41 Å². The summed E-state index contributed by atoms with van der Waals surface area (Å²) in [6, 6.07) is 8.02. The van der Waals surface area contributed by atoms with Gasteiger partial charge in [0.25, 0.3) is 0 Å². The molecule has 1 aromatic carbocycles. The summed E-state index contributed by atoms with van der Waals surface area (Å²) >= 11 is 0. The molecule has 94 valence electrons. The topological polar surface area (TPSA) is 39.7 Å². The van der Waals surface area contributed by atoms with Gasteiger partial charge in [0.2, 0.25) is 0 Å². The highest BCUT2D eigenvalue weighted by atomic mass is 16.6. The third-order valence-corrected chi connectivity index (χ3v) is 2.83. The molecular formula is C13H19NO3. The van der Waals surface area contributed by atoms with Crippen molar-refractivity contribution in [2.75, 3.05) is 26.9 Å². The van der Waals surface area contributed by atoms with E-state index < -0.39 is 0 Å². The van der Waals surface area contributed by atoms with Gasteiger partial charge in [-0.2, -0.15) is 5.48 Å². The summed E-state index contributed by atoms with van der Waals surface area (Å²) in [7, 11) is 1.61. The van der Waals surface area contributed by atoms with Gasteiger partial charge in [0.1, 0.15) is 5.75 Å². The Bertz CT molecular complexity index is 346. The first kappa shape index (κ1) is 12.4. The van der Waals surface area contributed by atoms with Crippen LogP contribution in [0.4, 0.5) is 0 Å². The molecule has 0 bridgehead atoms. The van der Waals surface area contributed by atoms with Gasteiger partial charge in [-0.05, 0) is 17.7 Å². The van der Waals surface area contributed by atoms with Crippen molar-refractivity contribution < 1.29 is 14.3 Å². The minimum absolute atomic E-state index is 0.191. The molecule has 1 aromatic rings. The lowest BCUT2D eigenvalue weighted by Gasteiger charge is -2.37. The van der Waals surface area contributed by atoms with Crippen LogP contribution in [0.1, 0.15) is 12.5 Å². The van der Waals surface area contributed by atoms with Crippen LogP contribution < -0.4 is 10.2 Å². The van der Waals surface area contributed by atoms with Crippen molar-refractivity contribution in [3.8, 4) is 5.75 Å². The maximum Gasteiger partial charge on any atom is 0.119 e. The van der Waals surface area contributed by atoms with Gasteiger partial charge in [-0.1, -0.05) is 19.1 Å². The molecule has 4 nitrogen and oxygen atoms in total. The molecule has 1 fully saturated rings. The van der Waals surface area contributed by atoms with E-state index in [1.54, 1.807) is 7.11 Å². The van der Waals surface area contributed by atoms with Gasteiger partial charge in [0, 0.05) is 12.0 Å². The second kappa shape index (κ2) is 5.49. The highest BCUT2D eigenvalue weighted by Crippen LogP contribution is 2.27. The molecule has 1 aliphatic heterocycles. The second-order valence-electron chi connectivity index (χ2n) is 4.76. The molecule has 0 unspecified atom stereocenters. The molecule has 1 aliphatic rings. The number of hydrogen-bond donors (Lipinski definition) is 1. The van der Waals surface area contributed by atoms with Crippen LogP contribution in [0.15, 0.2) is 24.3 Å². The fourth-order valence-corrected chi connectivity index (χ4v) is 1.65. The number of rotatable bonds is 6. The summed E-state index contributed by atoms with van der Waals surface area (Å²) in [5, 5.41) is 0. The molecule has 2 rings (SSSR count). The van der Waals surface area contributed by atoms with Crippen LogP contribution in [0.3, 0.4) is 0 Å². The fraction of sp³-hybridized carbons (Fsp3) is 0.538. The van der Waals surface area contributed by atoms with Crippen LogP contribution in [0, 0.1) is 5.41 Å². The molecule has 17 heavy (non-hydrogen) atoms. The van der Waals surface area contributed by atoms with E-state index >= 15 is 0 Å². The number of hydroxylamine groups is 1. The van der Waals surface area contributed by atoms with Crippen LogP contribution in [0.2, 0.25) is 0 Å². The van der Waals surface area contributed by atoms with E-state index in [1.165, 1.54) is 0 Å². The molecule has 0 atom stereocenters. The average molecular weight is 237 g/mol. The first-order valence-corrected chi connectivity index (χ1v) is 5.77. The molecule has 1 N–H and O–H groups in total. The van der Waals surface area contributed by atoms with Crippen LogP contribution in [-0.2, 0) is 16.1 Å². The number of benzene rings is 1. The number of nitrogens with one attached hydrogen (secondary N) is 1. The normalized spacial score (nSPS) is 17.5. The molecule has 0 saturated carbocycles. The quantitative estimate of drug-likeness (QED) is 0.765. The number of ether oxygens (including phenoxy) is 2. The van der Waals surface area contributed by atoms with Crippen molar-refractivity contribution in [3.63, 3.8) is 0 Å². The van der Waals surface area contributed by atoms with Gasteiger partial charge < -0.3 is 14.3 Å². The first-order valence-electron chi connectivity index (χ1n) is 5.77. The average Bonchev–Trinajstić information content (AvgIpc) is 2.33. The van der Waals surface area contributed by atoms with Crippen molar-refractivity contribution in [1.82, 2.24) is 5.48 Å².